The molecule has 1 unspecified atom stereocenters. The van der Waals surface area contributed by atoms with Crippen LogP contribution in [0.3, 0.4) is 0 Å². The van der Waals surface area contributed by atoms with E-state index in [0.29, 0.717) is 17.7 Å². The summed E-state index contributed by atoms with van der Waals surface area (Å²) in [5.74, 6) is -4.28. The maximum absolute atomic E-state index is 14.9. The predicted octanol–water partition coefficient (Wildman–Crippen LogP) is 6.29. The van der Waals surface area contributed by atoms with Crippen LogP contribution in [-0.4, -0.2) is 26.1 Å². The second-order valence-electron chi connectivity index (χ2n) is 8.03. The second kappa shape index (κ2) is 8.74. The molecule has 1 atom stereocenters. The Labute approximate surface area is 188 Å². The maximum atomic E-state index is 14.9. The van der Waals surface area contributed by atoms with Crippen LogP contribution in [0.5, 0.6) is 0 Å². The zero-order chi connectivity index (χ0) is 23.1. The molecule has 170 valence electrons. The average Bonchev–Trinajstić information content (AvgIpc) is 3.68. The highest BCUT2D eigenvalue weighted by molar-refractivity contribution is 5.71. The smallest absolute Gasteiger partial charge is 0.176 e. The van der Waals surface area contributed by atoms with E-state index < -0.39 is 41.6 Å². The topological polar surface area (TPSA) is 31.0 Å². The molecular weight excluding hydrogens is 436 g/mol. The van der Waals surface area contributed by atoms with Crippen molar-refractivity contribution in [1.29, 1.82) is 0 Å². The van der Waals surface area contributed by atoms with E-state index in [-0.39, 0.29) is 35.5 Å². The van der Waals surface area contributed by atoms with Crippen molar-refractivity contribution >= 4 is 0 Å². The van der Waals surface area contributed by atoms with E-state index in [1.165, 1.54) is 30.3 Å². The summed E-state index contributed by atoms with van der Waals surface area (Å²) in [6, 6.07) is 12.2. The van der Waals surface area contributed by atoms with Crippen LogP contribution in [0.4, 0.5) is 17.6 Å². The van der Waals surface area contributed by atoms with Gasteiger partial charge in [-0.3, -0.25) is 0 Å². The molecule has 2 aliphatic heterocycles. The highest BCUT2D eigenvalue weighted by Gasteiger charge is 2.30. The van der Waals surface area contributed by atoms with E-state index in [9.17, 15) is 17.6 Å². The molecule has 7 heteroatoms. The lowest BCUT2D eigenvalue weighted by Gasteiger charge is -2.28. The SMILES string of the molecule is C=CC1OCC(c2ccc(-c3ccc(-c4ccc(C5CO5)c(F)c4F)cc3)c(F)c2F)CO1. The Bertz CT molecular complexity index is 1200. The van der Waals surface area contributed by atoms with Crippen LogP contribution in [0, 0.1) is 23.3 Å². The summed E-state index contributed by atoms with van der Waals surface area (Å²) in [4.78, 5) is 0. The predicted molar refractivity (Wildman–Crippen MR) is 114 cm³/mol. The Morgan fingerprint density at radius 3 is 1.61 bits per heavy atom. The molecule has 0 amide bonds. The number of benzene rings is 3. The van der Waals surface area contributed by atoms with Crippen molar-refractivity contribution in [3.05, 3.63) is 95.6 Å². The molecule has 2 heterocycles. The van der Waals surface area contributed by atoms with Crippen molar-refractivity contribution in [2.75, 3.05) is 19.8 Å². The number of hydrogen-bond donors (Lipinski definition) is 0. The van der Waals surface area contributed by atoms with Crippen LogP contribution in [0.2, 0.25) is 0 Å². The van der Waals surface area contributed by atoms with Gasteiger partial charge < -0.3 is 14.2 Å². The quantitative estimate of drug-likeness (QED) is 0.257. The minimum absolute atomic E-state index is 0.0669. The van der Waals surface area contributed by atoms with Crippen LogP contribution < -0.4 is 0 Å². The fraction of sp³-hybridized carbons (Fsp3) is 0.231. The van der Waals surface area contributed by atoms with Gasteiger partial charge in [0.25, 0.3) is 0 Å². The van der Waals surface area contributed by atoms with Crippen LogP contribution in [0.25, 0.3) is 22.3 Å². The third kappa shape index (κ3) is 4.08. The molecule has 3 aromatic carbocycles. The first kappa shape index (κ1) is 21.8. The molecule has 2 fully saturated rings. The Kier molecular flexibility index (Phi) is 5.78. The number of ether oxygens (including phenoxy) is 3. The molecule has 2 saturated heterocycles. The van der Waals surface area contributed by atoms with Gasteiger partial charge in [0.15, 0.2) is 29.6 Å². The summed E-state index contributed by atoms with van der Waals surface area (Å²) in [6.45, 7) is 4.33. The molecule has 5 rings (SSSR count). The standard InChI is InChI=1S/C26H20F4O3/c1-2-22-32-11-16(12-33-22)19-8-7-17(23(27)25(19)29)14-3-5-15(6-4-14)18-9-10-20(21-13-31-21)26(30)24(18)28/h2-10,16,21-22H,1,11-13H2. The van der Waals surface area contributed by atoms with Crippen LogP contribution in [0.15, 0.2) is 61.2 Å². The Hall–Kier alpha value is -3.00. The number of halogens is 4. The highest BCUT2D eigenvalue weighted by Crippen LogP contribution is 2.37. The fourth-order valence-electron chi connectivity index (χ4n) is 4.03. The second-order valence-corrected chi connectivity index (χ2v) is 8.03. The molecule has 3 nitrogen and oxygen atoms in total. The van der Waals surface area contributed by atoms with Crippen molar-refractivity contribution in [2.24, 2.45) is 0 Å². The van der Waals surface area contributed by atoms with Gasteiger partial charge in [-0.1, -0.05) is 55.1 Å². The van der Waals surface area contributed by atoms with Crippen molar-refractivity contribution in [3.63, 3.8) is 0 Å². The Morgan fingerprint density at radius 2 is 1.12 bits per heavy atom. The van der Waals surface area contributed by atoms with Crippen LogP contribution in [0.1, 0.15) is 23.1 Å². The largest absolute Gasteiger partial charge is 0.368 e. The van der Waals surface area contributed by atoms with Gasteiger partial charge in [0.2, 0.25) is 0 Å². The van der Waals surface area contributed by atoms with Crippen molar-refractivity contribution in [2.45, 2.75) is 18.3 Å². The molecule has 0 saturated carbocycles. The van der Waals surface area contributed by atoms with Gasteiger partial charge in [-0.25, -0.2) is 17.6 Å². The lowest BCUT2D eigenvalue weighted by molar-refractivity contribution is -0.159. The number of hydrogen-bond acceptors (Lipinski definition) is 3. The normalized spacial score (nSPS) is 22.2. The van der Waals surface area contributed by atoms with Crippen LogP contribution >= 0.6 is 0 Å². The molecule has 3 aromatic rings. The van der Waals surface area contributed by atoms with E-state index in [4.69, 9.17) is 14.2 Å². The molecule has 0 aliphatic carbocycles. The van der Waals surface area contributed by atoms with E-state index in [2.05, 4.69) is 6.58 Å². The van der Waals surface area contributed by atoms with E-state index in [0.717, 1.165) is 0 Å². The zero-order valence-electron chi connectivity index (χ0n) is 17.5. The van der Waals surface area contributed by atoms with Gasteiger partial charge in [-0.05, 0) is 22.8 Å². The van der Waals surface area contributed by atoms with E-state index >= 15 is 0 Å². The molecule has 0 bridgehead atoms. The minimum Gasteiger partial charge on any atom is -0.368 e. The molecule has 0 radical (unpaired) electrons. The minimum atomic E-state index is -0.989. The number of rotatable bonds is 5. The average molecular weight is 456 g/mol. The lowest BCUT2D eigenvalue weighted by Crippen LogP contribution is -2.30. The van der Waals surface area contributed by atoms with Gasteiger partial charge in [0, 0.05) is 22.6 Å². The molecule has 0 aromatic heterocycles. The summed E-state index contributed by atoms with van der Waals surface area (Å²) in [5.41, 5.74) is 1.35. The number of epoxide rings is 1. The van der Waals surface area contributed by atoms with E-state index in [1.807, 2.05) is 0 Å². The Balaban J connectivity index is 1.40. The maximum Gasteiger partial charge on any atom is 0.176 e. The molecule has 0 N–H and O–H groups in total. The summed E-state index contributed by atoms with van der Waals surface area (Å²) < 4.78 is 74.5. The van der Waals surface area contributed by atoms with Crippen molar-refractivity contribution in [1.82, 2.24) is 0 Å². The summed E-state index contributed by atoms with van der Waals surface area (Å²) in [7, 11) is 0. The summed E-state index contributed by atoms with van der Waals surface area (Å²) in [5, 5.41) is 0. The highest BCUT2D eigenvalue weighted by atomic mass is 19.2. The first-order valence-electron chi connectivity index (χ1n) is 10.5. The van der Waals surface area contributed by atoms with E-state index in [1.54, 1.807) is 24.3 Å². The first-order valence-corrected chi connectivity index (χ1v) is 10.5. The lowest BCUT2D eigenvalue weighted by atomic mass is 9.94. The fourth-order valence-corrected chi connectivity index (χ4v) is 4.03. The summed E-state index contributed by atoms with van der Waals surface area (Å²) in [6.07, 6.45) is 0.547. The summed E-state index contributed by atoms with van der Waals surface area (Å²) >= 11 is 0. The van der Waals surface area contributed by atoms with Crippen LogP contribution in [-0.2, 0) is 14.2 Å². The van der Waals surface area contributed by atoms with Crippen molar-refractivity contribution < 1.29 is 31.8 Å². The van der Waals surface area contributed by atoms with Gasteiger partial charge in [0.05, 0.1) is 19.8 Å². The monoisotopic (exact) mass is 456 g/mol. The molecule has 0 spiro atoms. The zero-order valence-corrected chi connectivity index (χ0v) is 17.5. The van der Waals surface area contributed by atoms with Gasteiger partial charge in [-0.15, -0.1) is 0 Å². The first-order chi connectivity index (χ1) is 16.0. The molecular formula is C26H20F4O3. The Morgan fingerprint density at radius 1 is 0.636 bits per heavy atom. The molecule has 33 heavy (non-hydrogen) atoms. The molecule has 2 aliphatic rings. The van der Waals surface area contributed by atoms with Gasteiger partial charge >= 0.3 is 0 Å². The third-order valence-corrected chi connectivity index (χ3v) is 5.97. The van der Waals surface area contributed by atoms with Crippen molar-refractivity contribution in [3.8, 4) is 22.3 Å². The third-order valence-electron chi connectivity index (χ3n) is 5.97. The van der Waals surface area contributed by atoms with Gasteiger partial charge in [0.1, 0.15) is 6.10 Å². The van der Waals surface area contributed by atoms with Gasteiger partial charge in [-0.2, -0.15) is 0 Å².